The summed E-state index contributed by atoms with van der Waals surface area (Å²) < 4.78 is 0. The molecule has 1 rings (SSSR count). The Morgan fingerprint density at radius 3 is 0.824 bits per heavy atom. The first kappa shape index (κ1) is 14.6. The molecule has 17 heavy (non-hydrogen) atoms. The molecule has 0 bridgehead atoms. The molecule has 0 heterocycles. The van der Waals surface area contributed by atoms with Crippen LogP contribution in [0.2, 0.25) is 0 Å². The summed E-state index contributed by atoms with van der Waals surface area (Å²) in [5.74, 6) is 6.66. The Bertz CT molecular complexity index is 186. The van der Waals surface area contributed by atoms with Crippen molar-refractivity contribution >= 4 is 0 Å². The summed E-state index contributed by atoms with van der Waals surface area (Å²) in [6.07, 6.45) is 20.8. The van der Waals surface area contributed by atoms with E-state index in [0.717, 1.165) is 12.8 Å². The van der Waals surface area contributed by atoms with Gasteiger partial charge in [0.2, 0.25) is 0 Å². The highest BCUT2D eigenvalue weighted by Gasteiger charge is 1.94. The molecule has 0 unspecified atom stereocenters. The summed E-state index contributed by atoms with van der Waals surface area (Å²) in [6, 6.07) is 0. The van der Waals surface area contributed by atoms with Gasteiger partial charge in [0.15, 0.2) is 0 Å². The topological polar surface area (TPSA) is 0 Å². The van der Waals surface area contributed by atoms with E-state index in [9.17, 15) is 0 Å². The highest BCUT2D eigenvalue weighted by atomic mass is 14.0. The summed E-state index contributed by atoms with van der Waals surface area (Å²) in [5, 5.41) is 0. The van der Waals surface area contributed by atoms with E-state index in [1.54, 1.807) is 0 Å². The quantitative estimate of drug-likeness (QED) is 0.461. The van der Waals surface area contributed by atoms with Crippen LogP contribution in [0.4, 0.5) is 0 Å². The Morgan fingerprint density at radius 2 is 0.529 bits per heavy atom. The first-order valence-electron chi connectivity index (χ1n) is 7.96. The first-order chi connectivity index (χ1) is 8.50. The Morgan fingerprint density at radius 1 is 0.294 bits per heavy atom. The Labute approximate surface area is 109 Å². The lowest BCUT2D eigenvalue weighted by molar-refractivity contribution is 0.539. The van der Waals surface area contributed by atoms with Gasteiger partial charge in [0, 0.05) is 12.8 Å². The van der Waals surface area contributed by atoms with Crippen LogP contribution in [-0.4, -0.2) is 0 Å². The van der Waals surface area contributed by atoms with Crippen molar-refractivity contribution in [2.45, 2.75) is 96.3 Å². The van der Waals surface area contributed by atoms with E-state index < -0.39 is 0 Å². The molecule has 0 N–H and O–H groups in total. The fraction of sp³-hybridized carbons (Fsp3) is 0.882. The van der Waals surface area contributed by atoms with Gasteiger partial charge in [-0.05, 0) is 12.8 Å². The van der Waals surface area contributed by atoms with Crippen LogP contribution in [0.15, 0.2) is 0 Å². The molecule has 0 nitrogen and oxygen atoms in total. The van der Waals surface area contributed by atoms with Gasteiger partial charge in [-0.25, -0.2) is 0 Å². The van der Waals surface area contributed by atoms with E-state index >= 15 is 0 Å². The Kier molecular flexibility index (Phi) is 10.3. The molecule has 0 aromatic rings. The van der Waals surface area contributed by atoms with Gasteiger partial charge < -0.3 is 0 Å². The molecule has 0 spiro atoms. The van der Waals surface area contributed by atoms with E-state index in [1.165, 1.54) is 83.5 Å². The van der Waals surface area contributed by atoms with Crippen molar-refractivity contribution in [3.05, 3.63) is 0 Å². The highest BCUT2D eigenvalue weighted by molar-refractivity contribution is 4.98. The molecule has 0 saturated carbocycles. The molecule has 0 amide bonds. The van der Waals surface area contributed by atoms with Gasteiger partial charge in [-0.15, -0.1) is 11.8 Å². The van der Waals surface area contributed by atoms with Crippen LogP contribution in [0.3, 0.4) is 0 Å². The molecule has 0 aliphatic heterocycles. The molecule has 0 aromatic carbocycles. The van der Waals surface area contributed by atoms with Gasteiger partial charge >= 0.3 is 0 Å². The SMILES string of the molecule is C1#CCCCCCCCCCCCCCCC1. The van der Waals surface area contributed by atoms with Crippen molar-refractivity contribution in [2.75, 3.05) is 0 Å². The average molecular weight is 234 g/mol. The van der Waals surface area contributed by atoms with Crippen LogP contribution < -0.4 is 0 Å². The molecule has 0 radical (unpaired) electrons. The minimum absolute atomic E-state index is 1.14. The molecule has 98 valence electrons. The minimum Gasteiger partial charge on any atom is -0.103 e. The first-order valence-corrected chi connectivity index (χ1v) is 7.96. The number of rotatable bonds is 0. The third-order valence-electron chi connectivity index (χ3n) is 3.73. The zero-order valence-electron chi connectivity index (χ0n) is 11.6. The van der Waals surface area contributed by atoms with Crippen LogP contribution in [-0.2, 0) is 0 Å². The Hall–Kier alpha value is -0.440. The van der Waals surface area contributed by atoms with Crippen molar-refractivity contribution in [3.8, 4) is 11.8 Å². The van der Waals surface area contributed by atoms with E-state index in [0.29, 0.717) is 0 Å². The van der Waals surface area contributed by atoms with Crippen LogP contribution >= 0.6 is 0 Å². The van der Waals surface area contributed by atoms with Crippen LogP contribution in [0.1, 0.15) is 96.3 Å². The second kappa shape index (κ2) is 12.0. The zero-order valence-corrected chi connectivity index (χ0v) is 11.6. The summed E-state index contributed by atoms with van der Waals surface area (Å²) in [4.78, 5) is 0. The van der Waals surface area contributed by atoms with Crippen LogP contribution in [0, 0.1) is 11.8 Å². The number of hydrogen-bond acceptors (Lipinski definition) is 0. The monoisotopic (exact) mass is 234 g/mol. The smallest absolute Gasteiger partial charge is 0.00886 e. The second-order valence-electron chi connectivity index (χ2n) is 5.45. The van der Waals surface area contributed by atoms with Gasteiger partial charge in [0.1, 0.15) is 0 Å². The standard InChI is InChI=1S/C17H30/c1-2-4-6-8-10-12-14-16-17-15-13-11-9-7-5-3-1/h1-15H2. The third-order valence-corrected chi connectivity index (χ3v) is 3.73. The zero-order chi connectivity index (χ0) is 12.0. The molecule has 0 aromatic heterocycles. The summed E-state index contributed by atoms with van der Waals surface area (Å²) in [5.41, 5.74) is 0. The van der Waals surface area contributed by atoms with Crippen molar-refractivity contribution in [1.29, 1.82) is 0 Å². The predicted octanol–water partition coefficient (Wildman–Crippen LogP) is 5.85. The van der Waals surface area contributed by atoms with Crippen molar-refractivity contribution in [1.82, 2.24) is 0 Å². The minimum atomic E-state index is 1.14. The maximum atomic E-state index is 3.33. The van der Waals surface area contributed by atoms with Gasteiger partial charge in [0.25, 0.3) is 0 Å². The predicted molar refractivity (Wildman–Crippen MR) is 77.0 cm³/mol. The largest absolute Gasteiger partial charge is 0.103 e. The van der Waals surface area contributed by atoms with Crippen molar-refractivity contribution < 1.29 is 0 Å². The summed E-state index contributed by atoms with van der Waals surface area (Å²) in [6.45, 7) is 0. The lowest BCUT2D eigenvalue weighted by Gasteiger charge is -2.02. The lowest BCUT2D eigenvalue weighted by atomic mass is 10.0. The van der Waals surface area contributed by atoms with E-state index in [2.05, 4.69) is 11.8 Å². The maximum Gasteiger partial charge on any atom is 0.00886 e. The van der Waals surface area contributed by atoms with E-state index in [-0.39, 0.29) is 0 Å². The van der Waals surface area contributed by atoms with Crippen LogP contribution in [0.25, 0.3) is 0 Å². The molecule has 0 atom stereocenters. The fourth-order valence-corrected chi connectivity index (χ4v) is 2.55. The van der Waals surface area contributed by atoms with Crippen molar-refractivity contribution in [3.63, 3.8) is 0 Å². The average Bonchev–Trinajstić information content (AvgIpc) is 2.35. The normalized spacial score (nSPS) is 22.1. The van der Waals surface area contributed by atoms with Crippen molar-refractivity contribution in [2.24, 2.45) is 0 Å². The summed E-state index contributed by atoms with van der Waals surface area (Å²) >= 11 is 0. The van der Waals surface area contributed by atoms with E-state index in [4.69, 9.17) is 0 Å². The van der Waals surface area contributed by atoms with Gasteiger partial charge in [-0.2, -0.15) is 0 Å². The second-order valence-corrected chi connectivity index (χ2v) is 5.45. The summed E-state index contributed by atoms with van der Waals surface area (Å²) in [7, 11) is 0. The molecular weight excluding hydrogens is 204 g/mol. The molecule has 0 saturated heterocycles. The van der Waals surface area contributed by atoms with Gasteiger partial charge in [-0.1, -0.05) is 70.6 Å². The lowest BCUT2D eigenvalue weighted by Crippen LogP contribution is -1.82. The molecule has 0 fully saturated rings. The molecule has 0 heteroatoms. The molecular formula is C17H30. The third kappa shape index (κ3) is 10.4. The molecule has 1 aliphatic carbocycles. The van der Waals surface area contributed by atoms with Gasteiger partial charge in [0.05, 0.1) is 0 Å². The maximum absolute atomic E-state index is 3.33. The van der Waals surface area contributed by atoms with E-state index in [1.807, 2.05) is 0 Å². The van der Waals surface area contributed by atoms with Gasteiger partial charge in [-0.3, -0.25) is 0 Å². The fourth-order valence-electron chi connectivity index (χ4n) is 2.55. The Balaban J connectivity index is 2.09. The molecule has 1 aliphatic rings. The van der Waals surface area contributed by atoms with Crippen LogP contribution in [0.5, 0.6) is 0 Å². The highest BCUT2D eigenvalue weighted by Crippen LogP contribution is 2.13. The number of hydrogen-bond donors (Lipinski definition) is 0.